The quantitative estimate of drug-likeness (QED) is 0.129. The van der Waals surface area contributed by atoms with E-state index in [0.717, 1.165) is 81.7 Å². The zero-order chi connectivity index (χ0) is 40.1. The van der Waals surface area contributed by atoms with Crippen LogP contribution in [-0.4, -0.2) is 92.0 Å². The number of nitrogens with zero attached hydrogens (tertiary/aromatic N) is 4. The summed E-state index contributed by atoms with van der Waals surface area (Å²) in [6.45, 7) is 6.31. The third-order valence-corrected chi connectivity index (χ3v) is 11.1. The Morgan fingerprint density at radius 1 is 0.877 bits per heavy atom. The molecule has 1 unspecified atom stereocenters. The van der Waals surface area contributed by atoms with Gasteiger partial charge in [-0.3, -0.25) is 29.5 Å². The number of rotatable bonds is 11. The molecule has 0 bridgehead atoms. The fourth-order valence-corrected chi connectivity index (χ4v) is 8.07. The fourth-order valence-electron chi connectivity index (χ4n) is 8.07. The molecule has 4 heterocycles. The highest BCUT2D eigenvalue weighted by Gasteiger charge is 2.35. The molecule has 4 aromatic rings. The number of carbonyl (C=O) groups is 3. The van der Waals surface area contributed by atoms with Crippen LogP contribution in [0.25, 0.3) is 0 Å². The lowest BCUT2D eigenvalue weighted by Gasteiger charge is -2.43. The molecule has 15 heteroatoms. The van der Waals surface area contributed by atoms with Crippen LogP contribution in [-0.2, 0) is 22.3 Å². The summed E-state index contributed by atoms with van der Waals surface area (Å²) >= 11 is 0. The number of nitrogens with one attached hydrogen (secondary N) is 4. The lowest BCUT2D eigenvalue weighted by Crippen LogP contribution is -2.53. The second-order valence-corrected chi connectivity index (χ2v) is 14.6. The van der Waals surface area contributed by atoms with E-state index in [1.807, 2.05) is 36.4 Å². The minimum absolute atomic E-state index is 0.161. The van der Waals surface area contributed by atoms with Crippen molar-refractivity contribution in [1.82, 2.24) is 25.4 Å². The van der Waals surface area contributed by atoms with Gasteiger partial charge in [0.15, 0.2) is 0 Å². The molecule has 1 aromatic heterocycles. The first-order valence-corrected chi connectivity index (χ1v) is 19.2. The predicted octanol–water partition coefficient (Wildman–Crippen LogP) is 6.26. The minimum Gasteiger partial charge on any atom is -0.494 e. The summed E-state index contributed by atoms with van der Waals surface area (Å²) in [4.78, 5) is 48.2. The zero-order valence-electron chi connectivity index (χ0n) is 32.0. The molecule has 7 rings (SSSR count). The van der Waals surface area contributed by atoms with Gasteiger partial charge in [0, 0.05) is 89.3 Å². The Bertz CT molecular complexity index is 2100. The van der Waals surface area contributed by atoms with Crippen LogP contribution in [0.1, 0.15) is 58.6 Å². The van der Waals surface area contributed by atoms with Gasteiger partial charge in [-0.1, -0.05) is 36.4 Å². The molecule has 1 atom stereocenters. The number of pyridine rings is 1. The number of ether oxygens (including phenoxy) is 1. The van der Waals surface area contributed by atoms with Crippen molar-refractivity contribution in [2.24, 2.45) is 0 Å². The SMILES string of the molecule is CNC(=O)c1ccccc1Nc1cc(Nc2ccc(N3CCC(N4CCN(Cc5ccccc5C5CCC(=O)NC5=O)CC4)CC3)cc2OC)ncc1C(F)(F)F. The van der Waals surface area contributed by atoms with E-state index in [-0.39, 0.29) is 40.5 Å². The molecule has 3 fully saturated rings. The highest BCUT2D eigenvalue weighted by atomic mass is 19.4. The summed E-state index contributed by atoms with van der Waals surface area (Å²) in [7, 11) is 3.00. The number of aromatic nitrogens is 1. The van der Waals surface area contributed by atoms with Crippen molar-refractivity contribution in [2.45, 2.75) is 50.4 Å². The van der Waals surface area contributed by atoms with Crippen LogP contribution in [0.3, 0.4) is 0 Å². The van der Waals surface area contributed by atoms with E-state index >= 15 is 0 Å². The van der Waals surface area contributed by atoms with Gasteiger partial charge < -0.3 is 25.6 Å². The van der Waals surface area contributed by atoms with Crippen molar-refractivity contribution >= 4 is 46.3 Å². The van der Waals surface area contributed by atoms with Gasteiger partial charge in [-0.15, -0.1) is 0 Å². The van der Waals surface area contributed by atoms with E-state index in [0.29, 0.717) is 30.3 Å². The molecule has 3 aromatic carbocycles. The van der Waals surface area contributed by atoms with Gasteiger partial charge in [-0.2, -0.15) is 13.2 Å². The summed E-state index contributed by atoms with van der Waals surface area (Å²) in [5.41, 5.74) is 2.87. The van der Waals surface area contributed by atoms with Gasteiger partial charge in [0.1, 0.15) is 11.6 Å². The number of hydrogen-bond acceptors (Lipinski definition) is 10. The van der Waals surface area contributed by atoms with E-state index in [4.69, 9.17) is 4.74 Å². The molecule has 4 N–H and O–H groups in total. The maximum absolute atomic E-state index is 14.1. The number of imide groups is 1. The van der Waals surface area contributed by atoms with Crippen LogP contribution < -0.4 is 30.9 Å². The van der Waals surface area contributed by atoms with Gasteiger partial charge in [0.05, 0.1) is 41.2 Å². The molecule has 3 aliphatic heterocycles. The van der Waals surface area contributed by atoms with E-state index in [9.17, 15) is 27.6 Å². The molecule has 0 saturated carbocycles. The first-order chi connectivity index (χ1) is 27.5. The number of methoxy groups -OCH3 is 1. The molecule has 300 valence electrons. The van der Waals surface area contributed by atoms with Crippen molar-refractivity contribution < 1.29 is 32.3 Å². The van der Waals surface area contributed by atoms with Crippen LogP contribution in [0.5, 0.6) is 5.75 Å². The van der Waals surface area contributed by atoms with Crippen molar-refractivity contribution in [1.29, 1.82) is 0 Å². The second kappa shape index (κ2) is 17.2. The summed E-state index contributed by atoms with van der Waals surface area (Å²) in [5, 5.41) is 10.9. The molecule has 12 nitrogen and oxygen atoms in total. The number of piperidine rings is 2. The molecule has 0 aliphatic carbocycles. The standard InChI is InChI=1S/C42H47F3N8O4/c1-46-40(55)32-9-5-6-10-34(32)48-36-24-38(47-25-33(36)42(43,44)45)49-35-13-11-29(23-37(35)57-2)52-17-15-28(16-18-52)53-21-19-51(20-22-53)26-27-7-3-4-8-30(27)31-12-14-39(54)50-41(31)56/h3-11,13,23-25,28,31H,12,14-22,26H2,1-2H3,(H,46,55)(H2,47,48,49)(H,50,54,56). The Labute approximate surface area is 329 Å². The maximum Gasteiger partial charge on any atom is 0.419 e. The maximum atomic E-state index is 14.1. The normalized spacial score (nSPS) is 18.5. The smallest absolute Gasteiger partial charge is 0.419 e. The predicted molar refractivity (Wildman–Crippen MR) is 212 cm³/mol. The lowest BCUT2D eigenvalue weighted by atomic mass is 9.87. The number of carbonyl (C=O) groups excluding carboxylic acids is 3. The van der Waals surface area contributed by atoms with Crippen molar-refractivity contribution in [3.8, 4) is 5.75 Å². The van der Waals surface area contributed by atoms with Gasteiger partial charge in [-0.25, -0.2) is 4.98 Å². The molecule has 0 radical (unpaired) electrons. The van der Waals surface area contributed by atoms with Gasteiger partial charge >= 0.3 is 6.18 Å². The minimum atomic E-state index is -4.69. The molecular formula is C42H47F3N8O4. The third kappa shape index (κ3) is 9.15. The van der Waals surface area contributed by atoms with Gasteiger partial charge in [-0.05, 0) is 54.7 Å². The Hall–Kier alpha value is -5.67. The largest absolute Gasteiger partial charge is 0.494 e. The van der Waals surface area contributed by atoms with Crippen molar-refractivity contribution in [3.05, 3.63) is 101 Å². The Balaban J connectivity index is 0.954. The summed E-state index contributed by atoms with van der Waals surface area (Å²) in [6.07, 6.45) is -1.00. The number of benzene rings is 3. The van der Waals surface area contributed by atoms with E-state index in [1.165, 1.54) is 19.2 Å². The Morgan fingerprint density at radius 3 is 2.33 bits per heavy atom. The zero-order valence-corrected chi connectivity index (χ0v) is 32.0. The highest BCUT2D eigenvalue weighted by molar-refractivity contribution is 6.01. The fraction of sp³-hybridized carbons (Fsp3) is 0.381. The molecule has 57 heavy (non-hydrogen) atoms. The summed E-state index contributed by atoms with van der Waals surface area (Å²) < 4.78 is 47.9. The number of amides is 3. The number of anilines is 5. The summed E-state index contributed by atoms with van der Waals surface area (Å²) in [6, 6.07) is 21.9. The molecule has 0 spiro atoms. The second-order valence-electron chi connectivity index (χ2n) is 14.6. The Morgan fingerprint density at radius 2 is 1.61 bits per heavy atom. The van der Waals surface area contributed by atoms with E-state index < -0.39 is 17.6 Å². The summed E-state index contributed by atoms with van der Waals surface area (Å²) in [5.74, 6) is -0.458. The third-order valence-electron chi connectivity index (χ3n) is 11.1. The number of hydrogen-bond donors (Lipinski definition) is 4. The molecular weight excluding hydrogens is 738 g/mol. The van der Waals surface area contributed by atoms with Crippen LogP contribution in [0.4, 0.5) is 41.7 Å². The monoisotopic (exact) mass is 784 g/mol. The van der Waals surface area contributed by atoms with Gasteiger partial charge in [0.25, 0.3) is 5.91 Å². The lowest BCUT2D eigenvalue weighted by molar-refractivity contribution is -0.137. The van der Waals surface area contributed by atoms with Crippen LogP contribution >= 0.6 is 0 Å². The number of piperazine rings is 1. The average Bonchev–Trinajstić information content (AvgIpc) is 3.21. The first kappa shape index (κ1) is 39.6. The average molecular weight is 785 g/mol. The molecule has 3 saturated heterocycles. The van der Waals surface area contributed by atoms with Crippen LogP contribution in [0.15, 0.2) is 79.0 Å². The van der Waals surface area contributed by atoms with Gasteiger partial charge in [0.2, 0.25) is 11.8 Å². The number of halogens is 3. The van der Waals surface area contributed by atoms with Crippen LogP contribution in [0.2, 0.25) is 0 Å². The van der Waals surface area contributed by atoms with Crippen molar-refractivity contribution in [2.75, 3.05) is 69.0 Å². The number of alkyl halides is 3. The van der Waals surface area contributed by atoms with Crippen LogP contribution in [0, 0.1) is 0 Å². The van der Waals surface area contributed by atoms with E-state index in [2.05, 4.69) is 47.0 Å². The first-order valence-electron chi connectivity index (χ1n) is 19.2. The molecule has 3 aliphatic rings. The van der Waals surface area contributed by atoms with Crippen molar-refractivity contribution in [3.63, 3.8) is 0 Å². The topological polar surface area (TPSA) is 131 Å². The molecule has 3 amide bonds. The van der Waals surface area contributed by atoms with E-state index in [1.54, 1.807) is 25.3 Å². The highest BCUT2D eigenvalue weighted by Crippen LogP contribution is 2.39. The Kier molecular flexibility index (Phi) is 12.0. The number of para-hydroxylation sites is 1.